The lowest BCUT2D eigenvalue weighted by molar-refractivity contribution is -0.139. The zero-order valence-corrected chi connectivity index (χ0v) is 12.2. The van der Waals surface area contributed by atoms with Crippen molar-refractivity contribution >= 4 is 12.0 Å². The minimum Gasteiger partial charge on any atom is -0.480 e. The van der Waals surface area contributed by atoms with Gasteiger partial charge < -0.3 is 15.7 Å². The zero-order chi connectivity index (χ0) is 15.2. The Morgan fingerprint density at radius 3 is 2.67 bits per heavy atom. The molecule has 1 aliphatic rings. The first-order valence-corrected chi connectivity index (χ1v) is 7.46. The van der Waals surface area contributed by atoms with Crippen LogP contribution in [0.3, 0.4) is 0 Å². The summed E-state index contributed by atoms with van der Waals surface area (Å²) in [5.41, 5.74) is 1.21. The van der Waals surface area contributed by atoms with Crippen LogP contribution in [0.5, 0.6) is 0 Å². The maximum atomic E-state index is 11.9. The molecule has 21 heavy (non-hydrogen) atoms. The smallest absolute Gasteiger partial charge is 0.326 e. The molecular weight excluding hydrogens is 268 g/mol. The maximum Gasteiger partial charge on any atom is 0.326 e. The number of benzene rings is 1. The molecule has 1 fully saturated rings. The molecule has 1 aromatic rings. The number of hydrogen-bond donors (Lipinski definition) is 3. The molecule has 3 N–H and O–H groups in total. The summed E-state index contributed by atoms with van der Waals surface area (Å²) in [4.78, 5) is 22.9. The van der Waals surface area contributed by atoms with E-state index in [2.05, 4.69) is 10.6 Å². The number of carboxylic acids is 1. The third kappa shape index (κ3) is 4.48. The van der Waals surface area contributed by atoms with E-state index in [1.54, 1.807) is 0 Å². The molecule has 0 radical (unpaired) electrons. The molecule has 0 heterocycles. The minimum atomic E-state index is -0.978. The van der Waals surface area contributed by atoms with Gasteiger partial charge in [-0.1, -0.05) is 50.1 Å². The van der Waals surface area contributed by atoms with Crippen molar-refractivity contribution in [2.75, 3.05) is 0 Å². The number of hydrogen-bond acceptors (Lipinski definition) is 2. The minimum absolute atomic E-state index is 0.105. The fourth-order valence-electron chi connectivity index (χ4n) is 2.46. The fourth-order valence-corrected chi connectivity index (χ4v) is 2.46. The van der Waals surface area contributed by atoms with Gasteiger partial charge in [-0.15, -0.1) is 0 Å². The summed E-state index contributed by atoms with van der Waals surface area (Å²) >= 11 is 0. The molecule has 1 aromatic carbocycles. The van der Waals surface area contributed by atoms with Gasteiger partial charge in [0.2, 0.25) is 0 Å². The number of carbonyl (C=O) groups is 2. The molecule has 1 saturated carbocycles. The first kappa shape index (κ1) is 15.4. The van der Waals surface area contributed by atoms with E-state index in [1.807, 2.05) is 37.3 Å². The van der Waals surface area contributed by atoms with Gasteiger partial charge in [0.25, 0.3) is 0 Å². The van der Waals surface area contributed by atoms with E-state index >= 15 is 0 Å². The third-order valence-corrected chi connectivity index (χ3v) is 3.78. The van der Waals surface area contributed by atoms with Gasteiger partial charge in [-0.05, 0) is 18.4 Å². The number of carbonyl (C=O) groups excluding carboxylic acids is 1. The fraction of sp³-hybridized carbons (Fsp3) is 0.500. The summed E-state index contributed by atoms with van der Waals surface area (Å²) in [6.07, 6.45) is 3.06. The Hall–Kier alpha value is -2.04. The van der Waals surface area contributed by atoms with Crippen LogP contribution in [0.4, 0.5) is 4.79 Å². The second-order valence-corrected chi connectivity index (χ2v) is 5.51. The van der Waals surface area contributed by atoms with E-state index in [0.29, 0.717) is 12.3 Å². The van der Waals surface area contributed by atoms with Gasteiger partial charge in [0.15, 0.2) is 0 Å². The van der Waals surface area contributed by atoms with E-state index in [4.69, 9.17) is 5.11 Å². The predicted octanol–water partition coefficient (Wildman–Crippen LogP) is 2.49. The van der Waals surface area contributed by atoms with Crippen LogP contribution < -0.4 is 10.6 Å². The molecule has 0 aromatic heterocycles. The van der Waals surface area contributed by atoms with Crippen molar-refractivity contribution in [3.8, 4) is 0 Å². The molecule has 0 spiro atoms. The second kappa shape index (κ2) is 7.11. The van der Waals surface area contributed by atoms with Crippen molar-refractivity contribution in [2.45, 2.75) is 50.6 Å². The van der Waals surface area contributed by atoms with Crippen molar-refractivity contribution < 1.29 is 14.7 Å². The summed E-state index contributed by atoms with van der Waals surface area (Å²) < 4.78 is 0. The average Bonchev–Trinajstić information content (AvgIpc) is 3.23. The Labute approximate surface area is 124 Å². The summed E-state index contributed by atoms with van der Waals surface area (Å²) in [5, 5.41) is 14.5. The molecule has 2 amide bonds. The number of urea groups is 1. The summed E-state index contributed by atoms with van der Waals surface area (Å²) in [6, 6.07) is 8.93. The van der Waals surface area contributed by atoms with Gasteiger partial charge in [-0.3, -0.25) is 0 Å². The molecule has 3 atom stereocenters. The highest BCUT2D eigenvalue weighted by Crippen LogP contribution is 2.40. The van der Waals surface area contributed by atoms with Crippen LogP contribution in [-0.2, 0) is 4.79 Å². The van der Waals surface area contributed by atoms with Crippen LogP contribution in [0.25, 0.3) is 0 Å². The van der Waals surface area contributed by atoms with Crippen LogP contribution >= 0.6 is 0 Å². The molecule has 0 aliphatic heterocycles. The van der Waals surface area contributed by atoms with Gasteiger partial charge in [-0.25, -0.2) is 9.59 Å². The Morgan fingerprint density at radius 1 is 1.33 bits per heavy atom. The van der Waals surface area contributed by atoms with Crippen LogP contribution in [0.15, 0.2) is 30.3 Å². The van der Waals surface area contributed by atoms with Crippen molar-refractivity contribution in [2.24, 2.45) is 0 Å². The lowest BCUT2D eigenvalue weighted by Crippen LogP contribution is -2.46. The Bertz CT molecular complexity index is 490. The molecule has 0 saturated heterocycles. The predicted molar refractivity (Wildman–Crippen MR) is 80.2 cm³/mol. The van der Waals surface area contributed by atoms with Crippen LogP contribution in [0.1, 0.15) is 44.1 Å². The van der Waals surface area contributed by atoms with Crippen LogP contribution in [-0.4, -0.2) is 29.2 Å². The largest absolute Gasteiger partial charge is 0.480 e. The number of rotatable bonds is 7. The lowest BCUT2D eigenvalue weighted by Gasteiger charge is -2.14. The SMILES string of the molecule is CCCCC(NC(=O)NC1CC1c1ccccc1)C(=O)O. The van der Waals surface area contributed by atoms with Crippen molar-refractivity contribution in [1.29, 1.82) is 0 Å². The van der Waals surface area contributed by atoms with E-state index in [0.717, 1.165) is 19.3 Å². The molecule has 2 rings (SSSR count). The normalized spacial score (nSPS) is 21.4. The van der Waals surface area contributed by atoms with E-state index in [9.17, 15) is 9.59 Å². The Balaban J connectivity index is 1.79. The summed E-state index contributed by atoms with van der Waals surface area (Å²) in [7, 11) is 0. The van der Waals surface area contributed by atoms with Gasteiger partial charge in [0, 0.05) is 12.0 Å². The van der Waals surface area contributed by atoms with Gasteiger partial charge >= 0.3 is 12.0 Å². The topological polar surface area (TPSA) is 78.4 Å². The number of nitrogens with one attached hydrogen (secondary N) is 2. The van der Waals surface area contributed by atoms with Crippen molar-refractivity contribution in [3.05, 3.63) is 35.9 Å². The number of aliphatic carboxylic acids is 1. The lowest BCUT2D eigenvalue weighted by atomic mass is 10.1. The molecule has 0 bridgehead atoms. The van der Waals surface area contributed by atoms with Crippen molar-refractivity contribution in [1.82, 2.24) is 10.6 Å². The summed E-state index contributed by atoms with van der Waals surface area (Å²) in [5.74, 6) is -0.634. The van der Waals surface area contributed by atoms with E-state index < -0.39 is 12.0 Å². The first-order chi connectivity index (χ1) is 10.1. The molecular formula is C16H22N2O3. The van der Waals surface area contributed by atoms with Crippen LogP contribution in [0.2, 0.25) is 0 Å². The number of amides is 2. The van der Waals surface area contributed by atoms with E-state index in [-0.39, 0.29) is 12.1 Å². The molecule has 5 nitrogen and oxygen atoms in total. The van der Waals surface area contributed by atoms with Gasteiger partial charge in [0.05, 0.1) is 0 Å². The Morgan fingerprint density at radius 2 is 2.05 bits per heavy atom. The highest BCUT2D eigenvalue weighted by atomic mass is 16.4. The highest BCUT2D eigenvalue weighted by molar-refractivity contribution is 5.82. The molecule has 114 valence electrons. The highest BCUT2D eigenvalue weighted by Gasteiger charge is 2.39. The first-order valence-electron chi connectivity index (χ1n) is 7.46. The van der Waals surface area contributed by atoms with Crippen LogP contribution in [0, 0.1) is 0 Å². The standard InChI is InChI=1S/C16H22N2O3/c1-2-3-9-13(15(19)20)17-16(21)18-14-10-12(14)11-7-5-4-6-8-11/h4-8,12-14H,2-3,9-10H2,1H3,(H,19,20)(H2,17,18,21). The monoisotopic (exact) mass is 290 g/mol. The van der Waals surface area contributed by atoms with Crippen molar-refractivity contribution in [3.63, 3.8) is 0 Å². The van der Waals surface area contributed by atoms with Gasteiger partial charge in [0.1, 0.15) is 6.04 Å². The third-order valence-electron chi connectivity index (χ3n) is 3.78. The van der Waals surface area contributed by atoms with E-state index in [1.165, 1.54) is 5.56 Å². The number of carboxylic acid groups (broad SMARTS) is 1. The van der Waals surface area contributed by atoms with Gasteiger partial charge in [-0.2, -0.15) is 0 Å². The maximum absolute atomic E-state index is 11.9. The molecule has 5 heteroatoms. The zero-order valence-electron chi connectivity index (χ0n) is 12.2. The Kier molecular flexibility index (Phi) is 5.20. The summed E-state index contributed by atoms with van der Waals surface area (Å²) in [6.45, 7) is 1.99. The average molecular weight is 290 g/mol. The molecule has 1 aliphatic carbocycles. The second-order valence-electron chi connectivity index (χ2n) is 5.51. The quantitative estimate of drug-likeness (QED) is 0.722. The molecule has 3 unspecified atom stereocenters. The number of unbranched alkanes of at least 4 members (excludes halogenated alkanes) is 1.